The molecule has 0 aliphatic heterocycles. The van der Waals surface area contributed by atoms with Crippen LogP contribution in [0.15, 0.2) is 58.7 Å². The van der Waals surface area contributed by atoms with E-state index in [2.05, 4.69) is 0 Å². The quantitative estimate of drug-likeness (QED) is 0.227. The zero-order valence-electron chi connectivity index (χ0n) is 24.6. The molecule has 3 atom stereocenters. The van der Waals surface area contributed by atoms with E-state index >= 15 is 8.78 Å². The van der Waals surface area contributed by atoms with Crippen molar-refractivity contribution in [2.45, 2.75) is 30.6 Å². The number of halogens is 8. The molecule has 3 unspecified atom stereocenters. The molecule has 3 aliphatic carbocycles. The number of rotatable bonds is 2. The molecule has 7 nitrogen and oxygen atoms in total. The Kier molecular flexibility index (Phi) is 8.40. The van der Waals surface area contributed by atoms with Crippen molar-refractivity contribution in [2.24, 2.45) is 5.92 Å². The first kappa shape index (κ1) is 34.3. The van der Waals surface area contributed by atoms with Gasteiger partial charge in [-0.15, -0.1) is 0 Å². The predicted molar refractivity (Wildman–Crippen MR) is 154 cm³/mol. The first-order chi connectivity index (χ1) is 23.6. The molecule has 2 aromatic carbocycles. The van der Waals surface area contributed by atoms with Gasteiger partial charge in [-0.05, 0) is 41.3 Å². The van der Waals surface area contributed by atoms with E-state index in [9.17, 15) is 63.2 Å². The minimum absolute atomic E-state index is 0.367. The molecule has 0 amide bonds. The molecule has 5 rings (SSSR count). The number of nitriles is 7. The molecule has 50 heavy (non-hydrogen) atoms. The molecule has 0 aromatic heterocycles. The van der Waals surface area contributed by atoms with E-state index < -0.39 is 121 Å². The van der Waals surface area contributed by atoms with Crippen LogP contribution in [-0.2, 0) is 6.18 Å². The van der Waals surface area contributed by atoms with Gasteiger partial charge in [-0.3, -0.25) is 0 Å². The molecule has 0 radical (unpaired) electrons. The van der Waals surface area contributed by atoms with Gasteiger partial charge < -0.3 is 0 Å². The highest BCUT2D eigenvalue weighted by atomic mass is 19.4. The molecule has 15 heteroatoms. The lowest BCUT2D eigenvalue weighted by molar-refractivity contribution is -0.137. The van der Waals surface area contributed by atoms with Crippen molar-refractivity contribution >= 4 is 16.7 Å². The van der Waals surface area contributed by atoms with Crippen molar-refractivity contribution in [3.8, 4) is 42.5 Å². The van der Waals surface area contributed by atoms with Crippen LogP contribution in [0.1, 0.15) is 57.2 Å². The van der Waals surface area contributed by atoms with E-state index in [1.807, 2.05) is 0 Å². The van der Waals surface area contributed by atoms with E-state index in [0.29, 0.717) is 12.1 Å². The summed E-state index contributed by atoms with van der Waals surface area (Å²) >= 11 is 0. The molecular formula is C35H11F8N7. The second-order valence-corrected chi connectivity index (χ2v) is 10.9. The number of nitrogens with zero attached hydrogens (tertiary/aromatic N) is 7. The summed E-state index contributed by atoms with van der Waals surface area (Å²) in [6, 6.07) is 12.9. The molecule has 0 bridgehead atoms. The van der Waals surface area contributed by atoms with Gasteiger partial charge in [0.1, 0.15) is 35.4 Å². The molecule has 0 saturated carbocycles. The van der Waals surface area contributed by atoms with E-state index in [-0.39, 0.29) is 5.56 Å². The van der Waals surface area contributed by atoms with Crippen LogP contribution in [0, 0.1) is 96.9 Å². The smallest absolute Gasteiger partial charge is 0.206 e. The Bertz CT molecular complexity index is 2380. The highest BCUT2D eigenvalue weighted by Crippen LogP contribution is 2.59. The van der Waals surface area contributed by atoms with E-state index in [1.165, 1.54) is 24.3 Å². The number of alkyl halides is 6. The predicted octanol–water partition coefficient (Wildman–Crippen LogP) is 8.22. The van der Waals surface area contributed by atoms with Gasteiger partial charge in [0, 0.05) is 45.7 Å². The highest BCUT2D eigenvalue weighted by molar-refractivity contribution is 6.08. The second-order valence-electron chi connectivity index (χ2n) is 10.9. The molecule has 2 aromatic rings. The van der Waals surface area contributed by atoms with Gasteiger partial charge >= 0.3 is 12.4 Å². The maximum atomic E-state index is 17.0. The van der Waals surface area contributed by atoms with Crippen molar-refractivity contribution in [3.05, 3.63) is 109 Å². The fraction of sp³-hybridized carbons (Fsp3) is 0.171. The van der Waals surface area contributed by atoms with Gasteiger partial charge in [0.2, 0.25) is 0 Å². The molecular weight excluding hydrogens is 670 g/mol. The summed E-state index contributed by atoms with van der Waals surface area (Å²) in [5.41, 5.74) is -11.7. The minimum Gasteiger partial charge on any atom is -0.206 e. The van der Waals surface area contributed by atoms with Crippen LogP contribution in [-0.4, -0.2) is 6.18 Å². The molecule has 0 N–H and O–H groups in total. The standard InChI is InChI=1S/C35H11F8N7/c36-32-29-21(13-49)25(15-1-3-17(9-45)23(7-15)34(38,39)40)20(5-6-44)28(29)33(37)31-27(19(11-47)12-48)26(22(14-50)30(31)32)16-2-4-18(10-46)24(8-16)35(41,42)43/h1-5,7,16,21,25H,8H2/b20-5+. The van der Waals surface area contributed by atoms with Crippen LogP contribution in [0.25, 0.3) is 16.7 Å². The molecule has 0 saturated heterocycles. The van der Waals surface area contributed by atoms with Crippen molar-refractivity contribution in [3.63, 3.8) is 0 Å². The zero-order valence-corrected chi connectivity index (χ0v) is 24.6. The minimum atomic E-state index is -5.08. The lowest BCUT2D eigenvalue weighted by Gasteiger charge is -2.24. The summed E-state index contributed by atoms with van der Waals surface area (Å²) in [6.45, 7) is 0. The van der Waals surface area contributed by atoms with Crippen LogP contribution < -0.4 is 0 Å². The van der Waals surface area contributed by atoms with Gasteiger partial charge in [-0.2, -0.15) is 63.2 Å². The number of fused-ring (bicyclic) bond motifs is 2. The Hall–Kier alpha value is -6.99. The zero-order chi connectivity index (χ0) is 36.9. The Morgan fingerprint density at radius 1 is 0.800 bits per heavy atom. The largest absolute Gasteiger partial charge is 0.417 e. The number of allylic oxidation sites excluding steroid dienone is 10. The first-order valence-electron chi connectivity index (χ1n) is 13.9. The van der Waals surface area contributed by atoms with Crippen LogP contribution in [0.4, 0.5) is 35.1 Å². The van der Waals surface area contributed by atoms with E-state index in [4.69, 9.17) is 0 Å². The van der Waals surface area contributed by atoms with Gasteiger partial charge in [0.25, 0.3) is 0 Å². The van der Waals surface area contributed by atoms with Gasteiger partial charge in [0.15, 0.2) is 0 Å². The molecule has 0 spiro atoms. The fourth-order valence-electron chi connectivity index (χ4n) is 6.64. The maximum absolute atomic E-state index is 17.0. The van der Waals surface area contributed by atoms with Gasteiger partial charge in [-0.1, -0.05) is 12.1 Å². The summed E-state index contributed by atoms with van der Waals surface area (Å²) < 4.78 is 117. The summed E-state index contributed by atoms with van der Waals surface area (Å²) in [7, 11) is 0. The van der Waals surface area contributed by atoms with E-state index in [0.717, 1.165) is 24.3 Å². The van der Waals surface area contributed by atoms with Crippen molar-refractivity contribution in [1.82, 2.24) is 0 Å². The highest BCUT2D eigenvalue weighted by Gasteiger charge is 2.49. The Morgan fingerprint density at radius 2 is 1.48 bits per heavy atom. The third kappa shape index (κ3) is 5.05. The Labute approximate surface area is 276 Å². The fourth-order valence-corrected chi connectivity index (χ4v) is 6.64. The van der Waals surface area contributed by atoms with Crippen LogP contribution in [0.3, 0.4) is 0 Å². The molecule has 0 fully saturated rings. The molecule has 242 valence electrons. The monoisotopic (exact) mass is 681 g/mol. The second kappa shape index (κ2) is 12.2. The summed E-state index contributed by atoms with van der Waals surface area (Å²) in [5, 5.41) is 68.2. The van der Waals surface area contributed by atoms with Gasteiger partial charge in [0.05, 0.1) is 58.0 Å². The van der Waals surface area contributed by atoms with E-state index in [1.54, 1.807) is 18.2 Å². The normalized spacial score (nSPS) is 20.1. The Morgan fingerprint density at radius 3 is 2.00 bits per heavy atom. The molecule has 0 heterocycles. The number of benzene rings is 2. The lowest BCUT2D eigenvalue weighted by Crippen LogP contribution is -2.20. The Balaban J connectivity index is 1.87. The lowest BCUT2D eigenvalue weighted by atomic mass is 9.80. The SMILES string of the molecule is N#C/C=C1/c2c(F)c3c(c(F)c2C(C#N)C1c1ccc(C#N)c(C(F)(F)F)c1)C(C#N)=C(C1C=CC(C#N)=C(C(F)(F)F)C1)C3=C(C#N)C#N. The van der Waals surface area contributed by atoms with Crippen LogP contribution >= 0.6 is 0 Å². The summed E-state index contributed by atoms with van der Waals surface area (Å²) in [6.07, 6.45) is -8.70. The topological polar surface area (TPSA) is 167 Å². The average molecular weight is 682 g/mol. The summed E-state index contributed by atoms with van der Waals surface area (Å²) in [4.78, 5) is 0. The maximum Gasteiger partial charge on any atom is 0.417 e. The third-order valence-electron chi connectivity index (χ3n) is 8.57. The molecule has 3 aliphatic rings. The van der Waals surface area contributed by atoms with Crippen molar-refractivity contribution in [1.29, 1.82) is 36.8 Å². The van der Waals surface area contributed by atoms with Crippen molar-refractivity contribution < 1.29 is 35.1 Å². The third-order valence-corrected chi connectivity index (χ3v) is 8.57. The first-order valence-corrected chi connectivity index (χ1v) is 13.9. The van der Waals surface area contributed by atoms with Crippen molar-refractivity contribution in [2.75, 3.05) is 0 Å². The van der Waals surface area contributed by atoms with Gasteiger partial charge in [-0.25, -0.2) is 8.78 Å². The average Bonchev–Trinajstić information content (AvgIpc) is 3.60. The number of hydrogen-bond acceptors (Lipinski definition) is 7. The van der Waals surface area contributed by atoms with Crippen LogP contribution in [0.2, 0.25) is 0 Å². The summed E-state index contributed by atoms with van der Waals surface area (Å²) in [5.74, 6) is -8.06. The van der Waals surface area contributed by atoms with Crippen LogP contribution in [0.5, 0.6) is 0 Å². The number of hydrogen-bond donors (Lipinski definition) is 0.